The van der Waals surface area contributed by atoms with E-state index in [1.807, 2.05) is 18.2 Å². The first-order valence-corrected chi connectivity index (χ1v) is 5.67. The summed E-state index contributed by atoms with van der Waals surface area (Å²) in [7, 11) is 0. The van der Waals surface area contributed by atoms with Crippen LogP contribution in [-0.2, 0) is 0 Å². The molecule has 1 aromatic carbocycles. The molecule has 0 aliphatic heterocycles. The highest BCUT2D eigenvalue weighted by molar-refractivity contribution is 9.11. The highest BCUT2D eigenvalue weighted by atomic mass is 79.9. The Morgan fingerprint density at radius 2 is 2.07 bits per heavy atom. The number of aromatic nitrogens is 2. The first kappa shape index (κ1) is 10.6. The van der Waals surface area contributed by atoms with Gasteiger partial charge >= 0.3 is 0 Å². The predicted octanol–water partition coefficient (Wildman–Crippen LogP) is 3.59. The minimum absolute atomic E-state index is 0.441. The van der Waals surface area contributed by atoms with Crippen LogP contribution in [0.15, 0.2) is 39.3 Å². The van der Waals surface area contributed by atoms with Gasteiger partial charge in [-0.15, -0.1) is 10.2 Å². The monoisotopic (exact) mass is 327 g/mol. The molecule has 75 valence electrons. The molecule has 3 nitrogen and oxygen atoms in total. The molecule has 0 unspecified atom stereocenters. The molecule has 0 aliphatic rings. The number of halogens is 2. The molecular weight excluding hydrogens is 324 g/mol. The molecule has 0 amide bonds. The Hall–Kier alpha value is -0.940. The standard InChI is InChI=1S/C10H5Br2N2O/c11-7-3-4-9(8(12)6-7)15-10-2-1-5-13-14-10/h1-4,6H. The summed E-state index contributed by atoms with van der Waals surface area (Å²) in [5.41, 5.74) is 0. The van der Waals surface area contributed by atoms with Crippen molar-refractivity contribution in [3.63, 3.8) is 0 Å². The summed E-state index contributed by atoms with van der Waals surface area (Å²) in [6, 6.07) is 8.98. The molecule has 15 heavy (non-hydrogen) atoms. The fraction of sp³-hybridized carbons (Fsp3) is 0. The molecule has 1 radical (unpaired) electrons. The molecule has 0 aliphatic carbocycles. The van der Waals surface area contributed by atoms with Gasteiger partial charge in [-0.25, -0.2) is 0 Å². The predicted molar refractivity (Wildman–Crippen MR) is 62.8 cm³/mol. The van der Waals surface area contributed by atoms with Crippen LogP contribution in [-0.4, -0.2) is 10.2 Å². The van der Waals surface area contributed by atoms with Crippen LogP contribution in [0.3, 0.4) is 0 Å². The van der Waals surface area contributed by atoms with Crippen molar-refractivity contribution in [3.05, 3.63) is 45.5 Å². The Balaban J connectivity index is 2.25. The van der Waals surface area contributed by atoms with E-state index in [1.165, 1.54) is 0 Å². The summed E-state index contributed by atoms with van der Waals surface area (Å²) in [5.74, 6) is 1.13. The van der Waals surface area contributed by atoms with Crippen LogP contribution < -0.4 is 4.74 Å². The SMILES string of the molecule is Brc1ccc(Oc2cc[c]nn2)c(Br)c1. The summed E-state index contributed by atoms with van der Waals surface area (Å²) in [4.78, 5) is 0. The molecule has 5 heteroatoms. The van der Waals surface area contributed by atoms with Crippen LogP contribution in [0, 0.1) is 6.20 Å². The normalized spacial score (nSPS) is 10.0. The second-order valence-corrected chi connectivity index (χ2v) is 4.45. The molecule has 0 saturated heterocycles. The number of benzene rings is 1. The Morgan fingerprint density at radius 1 is 1.20 bits per heavy atom. The molecule has 0 N–H and O–H groups in total. The fourth-order valence-electron chi connectivity index (χ4n) is 0.978. The Kier molecular flexibility index (Phi) is 3.33. The first-order chi connectivity index (χ1) is 7.25. The van der Waals surface area contributed by atoms with Crippen molar-refractivity contribution in [1.82, 2.24) is 10.2 Å². The van der Waals surface area contributed by atoms with Crippen LogP contribution >= 0.6 is 31.9 Å². The summed E-state index contributed by atoms with van der Waals surface area (Å²) in [5, 5.41) is 7.38. The van der Waals surface area contributed by atoms with Crippen molar-refractivity contribution < 1.29 is 4.74 Å². The first-order valence-electron chi connectivity index (χ1n) is 4.08. The quantitative estimate of drug-likeness (QED) is 0.845. The van der Waals surface area contributed by atoms with Crippen molar-refractivity contribution in [2.45, 2.75) is 0 Å². The number of hydrogen-bond acceptors (Lipinski definition) is 3. The van der Waals surface area contributed by atoms with Gasteiger partial charge in [0.15, 0.2) is 0 Å². The molecule has 1 heterocycles. The number of hydrogen-bond donors (Lipinski definition) is 0. The number of ether oxygens (including phenoxy) is 1. The zero-order chi connectivity index (χ0) is 10.7. The minimum atomic E-state index is 0.441. The fourth-order valence-corrected chi connectivity index (χ4v) is 2.11. The third-order valence-electron chi connectivity index (χ3n) is 1.62. The zero-order valence-corrected chi connectivity index (χ0v) is 10.6. The number of rotatable bonds is 2. The van der Waals surface area contributed by atoms with Gasteiger partial charge in [-0.1, -0.05) is 15.9 Å². The third kappa shape index (κ3) is 2.76. The maximum atomic E-state index is 5.50. The van der Waals surface area contributed by atoms with Gasteiger partial charge in [0.2, 0.25) is 5.88 Å². The molecule has 0 fully saturated rings. The van der Waals surface area contributed by atoms with Gasteiger partial charge in [0.1, 0.15) is 11.9 Å². The summed E-state index contributed by atoms with van der Waals surface area (Å²) in [6.07, 6.45) is 2.58. The third-order valence-corrected chi connectivity index (χ3v) is 2.73. The molecule has 1 aromatic heterocycles. The van der Waals surface area contributed by atoms with Crippen LogP contribution in [0.4, 0.5) is 0 Å². The highest BCUT2D eigenvalue weighted by Crippen LogP contribution is 2.30. The smallest absolute Gasteiger partial charge is 0.238 e. The van der Waals surface area contributed by atoms with Gasteiger partial charge in [0.05, 0.1) is 4.47 Å². The van der Waals surface area contributed by atoms with Crippen LogP contribution in [0.1, 0.15) is 0 Å². The second kappa shape index (κ2) is 4.72. The summed E-state index contributed by atoms with van der Waals surface area (Å²) in [6.45, 7) is 0. The number of nitrogens with zero attached hydrogens (tertiary/aromatic N) is 2. The Morgan fingerprint density at radius 3 is 2.73 bits per heavy atom. The van der Waals surface area contributed by atoms with E-state index in [1.54, 1.807) is 12.1 Å². The molecule has 0 bridgehead atoms. The lowest BCUT2D eigenvalue weighted by Gasteiger charge is -2.05. The van der Waals surface area contributed by atoms with Crippen molar-refractivity contribution in [1.29, 1.82) is 0 Å². The molecule has 2 aromatic rings. The Labute approximate surface area is 104 Å². The van der Waals surface area contributed by atoms with Crippen molar-refractivity contribution in [3.8, 4) is 11.6 Å². The van der Waals surface area contributed by atoms with Crippen molar-refractivity contribution >= 4 is 31.9 Å². The van der Waals surface area contributed by atoms with Gasteiger partial charge in [0.25, 0.3) is 0 Å². The summed E-state index contributed by atoms with van der Waals surface area (Å²) < 4.78 is 7.34. The van der Waals surface area contributed by atoms with Gasteiger partial charge in [-0.3, -0.25) is 0 Å². The van der Waals surface area contributed by atoms with Crippen LogP contribution in [0.5, 0.6) is 11.6 Å². The van der Waals surface area contributed by atoms with Gasteiger partial charge in [-0.05, 0) is 40.2 Å². The lowest BCUT2D eigenvalue weighted by Crippen LogP contribution is -1.89. The maximum Gasteiger partial charge on any atom is 0.238 e. The van der Waals surface area contributed by atoms with E-state index in [0.29, 0.717) is 11.6 Å². The average Bonchev–Trinajstić information content (AvgIpc) is 2.24. The van der Waals surface area contributed by atoms with E-state index >= 15 is 0 Å². The topological polar surface area (TPSA) is 35.0 Å². The van der Waals surface area contributed by atoms with E-state index in [9.17, 15) is 0 Å². The molecule has 0 saturated carbocycles. The highest BCUT2D eigenvalue weighted by Gasteiger charge is 2.03. The van der Waals surface area contributed by atoms with Gasteiger partial charge in [-0.2, -0.15) is 0 Å². The van der Waals surface area contributed by atoms with Gasteiger partial charge < -0.3 is 4.74 Å². The van der Waals surface area contributed by atoms with Crippen LogP contribution in [0.2, 0.25) is 0 Å². The largest absolute Gasteiger partial charge is 0.436 e. The molecule has 0 atom stereocenters. The van der Waals surface area contributed by atoms with Crippen LogP contribution in [0.25, 0.3) is 0 Å². The lowest BCUT2D eigenvalue weighted by molar-refractivity contribution is 0.452. The van der Waals surface area contributed by atoms with Crippen molar-refractivity contribution in [2.24, 2.45) is 0 Å². The van der Waals surface area contributed by atoms with E-state index in [-0.39, 0.29) is 0 Å². The molecule has 2 rings (SSSR count). The molecule has 0 spiro atoms. The van der Waals surface area contributed by atoms with Crippen molar-refractivity contribution in [2.75, 3.05) is 0 Å². The van der Waals surface area contributed by atoms with E-state index in [0.717, 1.165) is 8.95 Å². The van der Waals surface area contributed by atoms with Gasteiger partial charge in [0, 0.05) is 10.5 Å². The van der Waals surface area contributed by atoms with E-state index in [2.05, 4.69) is 48.3 Å². The Bertz CT molecular complexity index is 462. The lowest BCUT2D eigenvalue weighted by atomic mass is 10.3. The second-order valence-electron chi connectivity index (χ2n) is 2.68. The summed E-state index contributed by atoms with van der Waals surface area (Å²) >= 11 is 6.76. The maximum absolute atomic E-state index is 5.50. The molecular formula is C10H5Br2N2O. The van der Waals surface area contributed by atoms with E-state index < -0.39 is 0 Å². The zero-order valence-electron chi connectivity index (χ0n) is 7.45. The minimum Gasteiger partial charge on any atom is -0.436 e. The van der Waals surface area contributed by atoms with E-state index in [4.69, 9.17) is 4.74 Å². The average molecular weight is 329 g/mol.